The molecule has 1 heterocycles. The summed E-state index contributed by atoms with van der Waals surface area (Å²) in [4.78, 5) is 0. The van der Waals surface area contributed by atoms with Crippen LogP contribution >= 0.6 is 0 Å². The van der Waals surface area contributed by atoms with Crippen LogP contribution in [0.3, 0.4) is 0 Å². The standard InChI is InChI=1S/C13H26N4/c1-6-9-17-12(11(14)10(2)16-17)15-8-7-13(3,4)5/h15H,6-9,14H2,1-5H3. The van der Waals surface area contributed by atoms with Crippen molar-refractivity contribution < 1.29 is 0 Å². The summed E-state index contributed by atoms with van der Waals surface area (Å²) in [6.07, 6.45) is 2.18. The van der Waals surface area contributed by atoms with E-state index in [0.717, 1.165) is 43.1 Å². The Bertz CT molecular complexity index is 360. The van der Waals surface area contributed by atoms with Gasteiger partial charge in [0.25, 0.3) is 0 Å². The fraction of sp³-hybridized carbons (Fsp3) is 0.769. The van der Waals surface area contributed by atoms with Crippen molar-refractivity contribution in [3.05, 3.63) is 5.69 Å². The van der Waals surface area contributed by atoms with E-state index in [2.05, 4.69) is 38.1 Å². The SMILES string of the molecule is CCCn1nc(C)c(N)c1NCCC(C)(C)C. The van der Waals surface area contributed by atoms with Crippen LogP contribution in [-0.4, -0.2) is 16.3 Å². The van der Waals surface area contributed by atoms with E-state index in [0.29, 0.717) is 5.41 Å². The van der Waals surface area contributed by atoms with Crippen molar-refractivity contribution in [2.24, 2.45) is 5.41 Å². The van der Waals surface area contributed by atoms with Crippen LogP contribution in [0.2, 0.25) is 0 Å². The molecule has 4 nitrogen and oxygen atoms in total. The van der Waals surface area contributed by atoms with E-state index in [1.807, 2.05) is 11.6 Å². The van der Waals surface area contributed by atoms with Crippen molar-refractivity contribution in [1.29, 1.82) is 0 Å². The number of nitrogens with one attached hydrogen (secondary N) is 1. The summed E-state index contributed by atoms with van der Waals surface area (Å²) in [6.45, 7) is 12.7. The molecule has 0 aliphatic heterocycles. The number of anilines is 2. The highest BCUT2D eigenvalue weighted by atomic mass is 15.3. The molecule has 0 unspecified atom stereocenters. The average molecular weight is 238 g/mol. The van der Waals surface area contributed by atoms with Crippen LogP contribution in [0.4, 0.5) is 11.5 Å². The van der Waals surface area contributed by atoms with Gasteiger partial charge < -0.3 is 11.1 Å². The molecular formula is C13H26N4. The Morgan fingerprint density at radius 1 is 1.35 bits per heavy atom. The second-order valence-corrected chi connectivity index (χ2v) is 5.81. The summed E-state index contributed by atoms with van der Waals surface area (Å²) < 4.78 is 1.98. The van der Waals surface area contributed by atoms with E-state index in [-0.39, 0.29) is 0 Å². The number of nitrogen functional groups attached to an aromatic ring is 1. The topological polar surface area (TPSA) is 55.9 Å². The fourth-order valence-corrected chi connectivity index (χ4v) is 1.71. The normalized spacial score (nSPS) is 11.8. The molecule has 3 N–H and O–H groups in total. The van der Waals surface area contributed by atoms with Gasteiger partial charge >= 0.3 is 0 Å². The van der Waals surface area contributed by atoms with Gasteiger partial charge in [-0.15, -0.1) is 0 Å². The zero-order valence-electron chi connectivity index (χ0n) is 11.8. The number of rotatable bonds is 5. The van der Waals surface area contributed by atoms with Crippen LogP contribution in [0.15, 0.2) is 0 Å². The van der Waals surface area contributed by atoms with Crippen LogP contribution in [0.1, 0.15) is 46.2 Å². The third-order valence-corrected chi connectivity index (χ3v) is 2.78. The van der Waals surface area contributed by atoms with Crippen molar-refractivity contribution in [2.75, 3.05) is 17.6 Å². The van der Waals surface area contributed by atoms with Crippen LogP contribution in [0.25, 0.3) is 0 Å². The van der Waals surface area contributed by atoms with Crippen LogP contribution in [0.5, 0.6) is 0 Å². The van der Waals surface area contributed by atoms with Crippen LogP contribution in [-0.2, 0) is 6.54 Å². The van der Waals surface area contributed by atoms with Gasteiger partial charge in [-0.1, -0.05) is 27.7 Å². The molecule has 1 aromatic rings. The Labute approximate surface area is 105 Å². The zero-order chi connectivity index (χ0) is 13.1. The van der Waals surface area contributed by atoms with Gasteiger partial charge in [-0.05, 0) is 25.2 Å². The number of nitrogens with zero attached hydrogens (tertiary/aromatic N) is 2. The summed E-state index contributed by atoms with van der Waals surface area (Å²) in [5.74, 6) is 0.980. The highest BCUT2D eigenvalue weighted by molar-refractivity contribution is 5.64. The first-order valence-electron chi connectivity index (χ1n) is 6.42. The summed E-state index contributed by atoms with van der Waals surface area (Å²) in [5.41, 5.74) is 8.08. The quantitative estimate of drug-likeness (QED) is 0.829. The molecule has 0 radical (unpaired) electrons. The molecule has 1 rings (SSSR count). The maximum Gasteiger partial charge on any atom is 0.148 e. The number of hydrogen-bond donors (Lipinski definition) is 2. The van der Waals surface area contributed by atoms with Gasteiger partial charge in [0.1, 0.15) is 5.82 Å². The molecular weight excluding hydrogens is 212 g/mol. The Hall–Kier alpha value is -1.19. The Balaban J connectivity index is 2.69. The maximum absolute atomic E-state index is 6.04. The lowest BCUT2D eigenvalue weighted by Gasteiger charge is -2.19. The largest absolute Gasteiger partial charge is 0.394 e. The monoisotopic (exact) mass is 238 g/mol. The van der Waals surface area contributed by atoms with E-state index in [1.165, 1.54) is 0 Å². The minimum absolute atomic E-state index is 0.340. The summed E-state index contributed by atoms with van der Waals surface area (Å²) in [7, 11) is 0. The van der Waals surface area contributed by atoms with E-state index in [1.54, 1.807) is 0 Å². The van der Waals surface area contributed by atoms with Gasteiger partial charge in [0.05, 0.1) is 11.4 Å². The third-order valence-electron chi connectivity index (χ3n) is 2.78. The van der Waals surface area contributed by atoms with E-state index in [9.17, 15) is 0 Å². The minimum atomic E-state index is 0.340. The molecule has 4 heteroatoms. The molecule has 0 aromatic carbocycles. The van der Waals surface area contributed by atoms with E-state index >= 15 is 0 Å². The van der Waals surface area contributed by atoms with Crippen molar-refractivity contribution in [1.82, 2.24) is 9.78 Å². The molecule has 0 aliphatic carbocycles. The van der Waals surface area contributed by atoms with Crippen molar-refractivity contribution in [3.8, 4) is 0 Å². The first-order chi connectivity index (χ1) is 7.85. The lowest BCUT2D eigenvalue weighted by molar-refractivity contribution is 0.389. The van der Waals surface area contributed by atoms with Gasteiger partial charge in [-0.3, -0.25) is 0 Å². The Morgan fingerprint density at radius 3 is 2.53 bits per heavy atom. The fourth-order valence-electron chi connectivity index (χ4n) is 1.71. The van der Waals surface area contributed by atoms with Crippen molar-refractivity contribution in [2.45, 2.75) is 54.0 Å². The predicted molar refractivity (Wildman–Crippen MR) is 74.2 cm³/mol. The number of aromatic nitrogens is 2. The molecule has 17 heavy (non-hydrogen) atoms. The highest BCUT2D eigenvalue weighted by Crippen LogP contribution is 2.24. The van der Waals surface area contributed by atoms with Gasteiger partial charge in [-0.25, -0.2) is 4.68 Å². The molecule has 0 atom stereocenters. The molecule has 1 aromatic heterocycles. The highest BCUT2D eigenvalue weighted by Gasteiger charge is 2.13. The van der Waals surface area contributed by atoms with Crippen LogP contribution < -0.4 is 11.1 Å². The first kappa shape index (κ1) is 13.9. The molecule has 98 valence electrons. The van der Waals surface area contributed by atoms with E-state index in [4.69, 9.17) is 5.73 Å². The number of hydrogen-bond acceptors (Lipinski definition) is 3. The average Bonchev–Trinajstić information content (AvgIpc) is 2.44. The van der Waals surface area contributed by atoms with Gasteiger partial charge in [0.2, 0.25) is 0 Å². The smallest absolute Gasteiger partial charge is 0.148 e. The number of aryl methyl sites for hydroxylation is 2. The predicted octanol–water partition coefficient (Wildman–Crippen LogP) is 3.03. The molecule has 0 fully saturated rings. The lowest BCUT2D eigenvalue weighted by atomic mass is 9.92. The number of nitrogens with two attached hydrogens (primary N) is 1. The summed E-state index contributed by atoms with van der Waals surface area (Å²) in [6, 6.07) is 0. The third kappa shape index (κ3) is 3.95. The maximum atomic E-state index is 6.04. The molecule has 0 bridgehead atoms. The van der Waals surface area contributed by atoms with Gasteiger partial charge in [0.15, 0.2) is 0 Å². The van der Waals surface area contributed by atoms with Crippen LogP contribution in [0, 0.1) is 12.3 Å². The lowest BCUT2D eigenvalue weighted by Crippen LogP contribution is -2.16. The molecule has 0 spiro atoms. The molecule has 0 aliphatic rings. The Kier molecular flexibility index (Phi) is 4.43. The second kappa shape index (κ2) is 5.43. The minimum Gasteiger partial charge on any atom is -0.394 e. The van der Waals surface area contributed by atoms with E-state index < -0.39 is 0 Å². The van der Waals surface area contributed by atoms with Crippen molar-refractivity contribution >= 4 is 11.5 Å². The summed E-state index contributed by atoms with van der Waals surface area (Å²) in [5, 5.41) is 7.86. The second-order valence-electron chi connectivity index (χ2n) is 5.81. The van der Waals surface area contributed by atoms with Gasteiger partial charge in [0, 0.05) is 13.1 Å². The summed E-state index contributed by atoms with van der Waals surface area (Å²) >= 11 is 0. The zero-order valence-corrected chi connectivity index (χ0v) is 11.8. The van der Waals surface area contributed by atoms with Crippen molar-refractivity contribution in [3.63, 3.8) is 0 Å². The first-order valence-corrected chi connectivity index (χ1v) is 6.42. The van der Waals surface area contributed by atoms with Gasteiger partial charge in [-0.2, -0.15) is 5.10 Å². The molecule has 0 saturated carbocycles. The Morgan fingerprint density at radius 2 is 2.00 bits per heavy atom. The molecule has 0 saturated heterocycles. The molecule has 0 amide bonds.